The standard InChI is InChI=1S/C12H15BrO4S/c1-16-10-4-2-9(3-5-10)6-17-12-8-18(14,15)7-11(12)13/h2-5,11-12H,6-8H2,1H3. The third-order valence-corrected chi connectivity index (χ3v) is 5.90. The molecule has 0 amide bonds. The van der Waals surface area contributed by atoms with Crippen LogP contribution in [0, 0.1) is 0 Å². The molecule has 0 N–H and O–H groups in total. The summed E-state index contributed by atoms with van der Waals surface area (Å²) in [6, 6.07) is 7.53. The summed E-state index contributed by atoms with van der Waals surface area (Å²) in [6.07, 6.45) is -0.267. The highest BCUT2D eigenvalue weighted by Gasteiger charge is 2.36. The van der Waals surface area contributed by atoms with Crippen molar-refractivity contribution in [2.75, 3.05) is 18.6 Å². The van der Waals surface area contributed by atoms with E-state index in [4.69, 9.17) is 9.47 Å². The topological polar surface area (TPSA) is 52.6 Å². The predicted octanol–water partition coefficient (Wildman–Crippen LogP) is 1.77. The van der Waals surface area contributed by atoms with E-state index >= 15 is 0 Å². The number of hydrogen-bond acceptors (Lipinski definition) is 4. The summed E-state index contributed by atoms with van der Waals surface area (Å²) in [5, 5.41) is 0. The van der Waals surface area contributed by atoms with Crippen molar-refractivity contribution in [2.45, 2.75) is 17.5 Å². The lowest BCUT2D eigenvalue weighted by molar-refractivity contribution is 0.0624. The van der Waals surface area contributed by atoms with Gasteiger partial charge >= 0.3 is 0 Å². The second-order valence-electron chi connectivity index (χ2n) is 4.29. The molecule has 1 aromatic rings. The van der Waals surface area contributed by atoms with Crippen molar-refractivity contribution in [2.24, 2.45) is 0 Å². The van der Waals surface area contributed by atoms with Crippen LogP contribution >= 0.6 is 15.9 Å². The van der Waals surface area contributed by atoms with Gasteiger partial charge in [0.25, 0.3) is 0 Å². The highest BCUT2D eigenvalue weighted by Crippen LogP contribution is 2.23. The van der Waals surface area contributed by atoms with Crippen molar-refractivity contribution in [3.8, 4) is 5.75 Å². The minimum Gasteiger partial charge on any atom is -0.497 e. The number of ether oxygens (including phenoxy) is 2. The van der Waals surface area contributed by atoms with Gasteiger partial charge in [-0.2, -0.15) is 0 Å². The van der Waals surface area contributed by atoms with Crippen LogP contribution in [-0.2, 0) is 21.2 Å². The van der Waals surface area contributed by atoms with Crippen molar-refractivity contribution in [3.63, 3.8) is 0 Å². The zero-order valence-corrected chi connectivity index (χ0v) is 12.4. The average molecular weight is 335 g/mol. The Morgan fingerprint density at radius 3 is 2.44 bits per heavy atom. The molecule has 0 radical (unpaired) electrons. The molecule has 18 heavy (non-hydrogen) atoms. The third-order valence-electron chi connectivity index (χ3n) is 2.86. The van der Waals surface area contributed by atoms with Crippen LogP contribution in [0.5, 0.6) is 5.75 Å². The first-order valence-corrected chi connectivity index (χ1v) is 8.33. The Bertz CT molecular complexity index is 497. The Balaban J connectivity index is 1.91. The summed E-state index contributed by atoms with van der Waals surface area (Å²) < 4.78 is 33.5. The molecule has 6 heteroatoms. The highest BCUT2D eigenvalue weighted by molar-refractivity contribution is 9.09. The van der Waals surface area contributed by atoms with Gasteiger partial charge in [0.1, 0.15) is 5.75 Å². The maximum Gasteiger partial charge on any atom is 0.154 e. The summed E-state index contributed by atoms with van der Waals surface area (Å²) >= 11 is 3.35. The Labute approximate surface area is 115 Å². The van der Waals surface area contributed by atoms with E-state index in [9.17, 15) is 8.42 Å². The minimum absolute atomic E-state index is 0.0963. The van der Waals surface area contributed by atoms with Crippen molar-refractivity contribution >= 4 is 25.8 Å². The number of benzene rings is 1. The molecular weight excluding hydrogens is 320 g/mol. The van der Waals surface area contributed by atoms with Gasteiger partial charge < -0.3 is 9.47 Å². The van der Waals surface area contributed by atoms with Crippen molar-refractivity contribution < 1.29 is 17.9 Å². The molecule has 2 rings (SSSR count). The van der Waals surface area contributed by atoms with Crippen LogP contribution in [-0.4, -0.2) is 38.0 Å². The lowest BCUT2D eigenvalue weighted by Crippen LogP contribution is -2.22. The SMILES string of the molecule is COc1ccc(COC2CS(=O)(=O)CC2Br)cc1. The lowest BCUT2D eigenvalue weighted by Gasteiger charge is -2.13. The molecule has 0 bridgehead atoms. The van der Waals surface area contributed by atoms with E-state index < -0.39 is 9.84 Å². The summed E-state index contributed by atoms with van der Waals surface area (Å²) in [4.78, 5) is -0.110. The molecule has 1 saturated heterocycles. The van der Waals surface area contributed by atoms with Crippen LogP contribution in [0.3, 0.4) is 0 Å². The fraction of sp³-hybridized carbons (Fsp3) is 0.500. The normalized spacial score (nSPS) is 26.1. The van der Waals surface area contributed by atoms with E-state index in [2.05, 4.69) is 15.9 Å². The molecule has 0 spiro atoms. The fourth-order valence-electron chi connectivity index (χ4n) is 1.85. The molecule has 1 aromatic carbocycles. The van der Waals surface area contributed by atoms with Crippen LogP contribution in [0.25, 0.3) is 0 Å². The lowest BCUT2D eigenvalue weighted by atomic mass is 10.2. The third kappa shape index (κ3) is 3.46. The molecule has 2 unspecified atom stereocenters. The number of rotatable bonds is 4. The quantitative estimate of drug-likeness (QED) is 0.787. The zero-order chi connectivity index (χ0) is 13.2. The van der Waals surface area contributed by atoms with Gasteiger partial charge in [-0.15, -0.1) is 0 Å². The van der Waals surface area contributed by atoms with Gasteiger partial charge in [0.15, 0.2) is 9.84 Å². The van der Waals surface area contributed by atoms with Crippen LogP contribution in [0.1, 0.15) is 5.56 Å². The second-order valence-corrected chi connectivity index (χ2v) is 7.62. The largest absolute Gasteiger partial charge is 0.497 e. The van der Waals surface area contributed by atoms with E-state index in [1.54, 1.807) is 7.11 Å². The molecule has 2 atom stereocenters. The Hall–Kier alpha value is -0.590. The van der Waals surface area contributed by atoms with Gasteiger partial charge in [-0.25, -0.2) is 8.42 Å². The molecule has 0 saturated carbocycles. The number of alkyl halides is 1. The Kier molecular flexibility index (Phi) is 4.29. The van der Waals surface area contributed by atoms with Gasteiger partial charge in [0, 0.05) is 0 Å². The van der Waals surface area contributed by atoms with Gasteiger partial charge in [0.05, 0.1) is 36.2 Å². The van der Waals surface area contributed by atoms with Crippen molar-refractivity contribution in [1.82, 2.24) is 0 Å². The highest BCUT2D eigenvalue weighted by atomic mass is 79.9. The zero-order valence-electron chi connectivity index (χ0n) is 10.0. The van der Waals surface area contributed by atoms with E-state index in [0.717, 1.165) is 11.3 Å². The molecule has 0 aliphatic carbocycles. The number of hydrogen-bond donors (Lipinski definition) is 0. The first-order valence-electron chi connectivity index (χ1n) is 5.59. The van der Waals surface area contributed by atoms with Crippen LogP contribution in [0.2, 0.25) is 0 Å². The second kappa shape index (κ2) is 5.59. The minimum atomic E-state index is -2.95. The van der Waals surface area contributed by atoms with Crippen LogP contribution in [0.4, 0.5) is 0 Å². The average Bonchev–Trinajstić information content (AvgIpc) is 2.60. The molecule has 1 fully saturated rings. The van der Waals surface area contributed by atoms with Crippen LogP contribution < -0.4 is 4.74 Å². The number of halogens is 1. The van der Waals surface area contributed by atoms with Gasteiger partial charge in [-0.05, 0) is 17.7 Å². The molecule has 1 aliphatic rings. The Morgan fingerprint density at radius 1 is 1.28 bits per heavy atom. The summed E-state index contributed by atoms with van der Waals surface area (Å²) in [6.45, 7) is 0.409. The van der Waals surface area contributed by atoms with Gasteiger partial charge in [-0.3, -0.25) is 0 Å². The molecule has 100 valence electrons. The molecule has 0 aromatic heterocycles. The predicted molar refractivity (Wildman–Crippen MR) is 72.9 cm³/mol. The van der Waals surface area contributed by atoms with Crippen molar-refractivity contribution in [3.05, 3.63) is 29.8 Å². The molecule has 4 nitrogen and oxygen atoms in total. The number of methoxy groups -OCH3 is 1. The smallest absolute Gasteiger partial charge is 0.154 e. The fourth-order valence-corrected chi connectivity index (χ4v) is 5.31. The Morgan fingerprint density at radius 2 is 1.94 bits per heavy atom. The molecular formula is C12H15BrO4S. The summed E-state index contributed by atoms with van der Waals surface area (Å²) in [5.74, 6) is 1.04. The summed E-state index contributed by atoms with van der Waals surface area (Å²) in [5.41, 5.74) is 1.000. The van der Waals surface area contributed by atoms with Gasteiger partial charge in [-0.1, -0.05) is 28.1 Å². The van der Waals surface area contributed by atoms with E-state index in [1.807, 2.05) is 24.3 Å². The van der Waals surface area contributed by atoms with Gasteiger partial charge in [0.2, 0.25) is 0 Å². The monoisotopic (exact) mass is 334 g/mol. The van der Waals surface area contributed by atoms with E-state index in [-0.39, 0.29) is 22.4 Å². The maximum absolute atomic E-state index is 11.4. The number of sulfone groups is 1. The molecule has 1 aliphatic heterocycles. The summed E-state index contributed by atoms with van der Waals surface area (Å²) in [7, 11) is -1.34. The molecule has 1 heterocycles. The maximum atomic E-state index is 11.4. The first-order chi connectivity index (χ1) is 8.50. The first kappa shape index (κ1) is 13.8. The van der Waals surface area contributed by atoms with Crippen LogP contribution in [0.15, 0.2) is 24.3 Å². The van der Waals surface area contributed by atoms with Crippen molar-refractivity contribution in [1.29, 1.82) is 0 Å². The van der Waals surface area contributed by atoms with E-state index in [1.165, 1.54) is 0 Å². The van der Waals surface area contributed by atoms with E-state index in [0.29, 0.717) is 6.61 Å².